The quantitative estimate of drug-likeness (QED) is 0.722. The maximum Gasteiger partial charge on any atom is 0.335 e. The second-order valence-corrected chi connectivity index (χ2v) is 3.28. The van der Waals surface area contributed by atoms with E-state index in [0.717, 1.165) is 0 Å². The molecule has 0 aliphatic carbocycles. The molecule has 6 heteroatoms. The zero-order valence-electron chi connectivity index (χ0n) is 9.03. The molecule has 0 heterocycles. The van der Waals surface area contributed by atoms with E-state index in [9.17, 15) is 13.6 Å². The van der Waals surface area contributed by atoms with Gasteiger partial charge in [0.2, 0.25) is 0 Å². The molecule has 0 fully saturated rings. The van der Waals surface area contributed by atoms with Gasteiger partial charge in [0.15, 0.2) is 0 Å². The van der Waals surface area contributed by atoms with Crippen LogP contribution in [-0.2, 0) is 4.74 Å². The first kappa shape index (κ1) is 13.4. The minimum atomic E-state index is -2.47. The molecule has 0 atom stereocenters. The van der Waals surface area contributed by atoms with Gasteiger partial charge in [0.05, 0.1) is 12.2 Å². The number of hydrogen-bond acceptors (Lipinski definition) is 3. The number of carboxylic acids is 1. The Morgan fingerprint density at radius 1 is 1.47 bits per heavy atom. The van der Waals surface area contributed by atoms with Gasteiger partial charge in [-0.05, 0) is 18.2 Å². The number of rotatable bonds is 7. The van der Waals surface area contributed by atoms with Gasteiger partial charge in [-0.15, -0.1) is 0 Å². The first-order chi connectivity index (χ1) is 8.09. The molecular formula is C11H13F2NO3. The van der Waals surface area contributed by atoms with Gasteiger partial charge in [0, 0.05) is 12.2 Å². The fourth-order valence-electron chi connectivity index (χ4n) is 1.20. The van der Waals surface area contributed by atoms with Crippen LogP contribution in [0.2, 0.25) is 0 Å². The van der Waals surface area contributed by atoms with Crippen LogP contribution in [0.5, 0.6) is 0 Å². The van der Waals surface area contributed by atoms with Gasteiger partial charge >= 0.3 is 5.97 Å². The summed E-state index contributed by atoms with van der Waals surface area (Å²) >= 11 is 0. The van der Waals surface area contributed by atoms with E-state index in [-0.39, 0.29) is 12.2 Å². The van der Waals surface area contributed by atoms with E-state index in [0.29, 0.717) is 12.2 Å². The minimum Gasteiger partial charge on any atom is -0.478 e. The van der Waals surface area contributed by atoms with Crippen molar-refractivity contribution < 1.29 is 23.4 Å². The third kappa shape index (κ3) is 5.26. The molecule has 1 rings (SSSR count). The molecule has 94 valence electrons. The number of carboxylic acid groups (broad SMARTS) is 1. The third-order valence-corrected chi connectivity index (χ3v) is 1.93. The molecule has 0 spiro atoms. The molecule has 0 aliphatic heterocycles. The van der Waals surface area contributed by atoms with Gasteiger partial charge in [-0.1, -0.05) is 6.07 Å². The monoisotopic (exact) mass is 245 g/mol. The Bertz CT molecular complexity index is 371. The second-order valence-electron chi connectivity index (χ2n) is 3.28. The molecule has 4 nitrogen and oxygen atoms in total. The van der Waals surface area contributed by atoms with Crippen LogP contribution in [0.3, 0.4) is 0 Å². The lowest BCUT2D eigenvalue weighted by molar-refractivity contribution is 0.0215. The van der Waals surface area contributed by atoms with Crippen LogP contribution in [-0.4, -0.2) is 37.3 Å². The summed E-state index contributed by atoms with van der Waals surface area (Å²) in [7, 11) is 0. The minimum absolute atomic E-state index is 0.141. The Morgan fingerprint density at radius 2 is 2.24 bits per heavy atom. The number of alkyl halides is 2. The summed E-state index contributed by atoms with van der Waals surface area (Å²) in [6.07, 6.45) is -2.47. The van der Waals surface area contributed by atoms with E-state index >= 15 is 0 Å². The van der Waals surface area contributed by atoms with E-state index in [1.807, 2.05) is 0 Å². The van der Waals surface area contributed by atoms with Crippen molar-refractivity contribution in [2.45, 2.75) is 6.43 Å². The van der Waals surface area contributed by atoms with Crippen molar-refractivity contribution in [2.24, 2.45) is 0 Å². The highest BCUT2D eigenvalue weighted by molar-refractivity contribution is 5.88. The molecule has 0 aromatic heterocycles. The normalized spacial score (nSPS) is 10.5. The van der Waals surface area contributed by atoms with Crippen LogP contribution in [0.4, 0.5) is 14.5 Å². The van der Waals surface area contributed by atoms with Crippen LogP contribution in [0, 0.1) is 0 Å². The number of nitrogens with one attached hydrogen (secondary N) is 1. The van der Waals surface area contributed by atoms with Crippen molar-refractivity contribution in [2.75, 3.05) is 25.1 Å². The molecular weight excluding hydrogens is 232 g/mol. The van der Waals surface area contributed by atoms with E-state index < -0.39 is 19.0 Å². The molecule has 1 aromatic carbocycles. The molecule has 0 unspecified atom stereocenters. The Labute approximate surface area is 97.2 Å². The van der Waals surface area contributed by atoms with Gasteiger partial charge in [-0.2, -0.15) is 0 Å². The number of hydrogen-bond donors (Lipinski definition) is 2. The Hall–Kier alpha value is -1.69. The molecule has 0 radical (unpaired) electrons. The van der Waals surface area contributed by atoms with Crippen molar-refractivity contribution in [3.05, 3.63) is 29.8 Å². The summed E-state index contributed by atoms with van der Waals surface area (Å²) in [5, 5.41) is 11.6. The maximum absolute atomic E-state index is 11.7. The van der Waals surface area contributed by atoms with E-state index in [1.165, 1.54) is 12.1 Å². The summed E-state index contributed by atoms with van der Waals surface area (Å²) in [5.41, 5.74) is 0.786. The highest BCUT2D eigenvalue weighted by Gasteiger charge is 2.03. The number of aromatic carboxylic acids is 1. The Kier molecular flexibility index (Phi) is 5.35. The van der Waals surface area contributed by atoms with Crippen LogP contribution in [0.15, 0.2) is 24.3 Å². The highest BCUT2D eigenvalue weighted by atomic mass is 19.3. The smallest absolute Gasteiger partial charge is 0.335 e. The average Bonchev–Trinajstić information content (AvgIpc) is 2.28. The lowest BCUT2D eigenvalue weighted by atomic mass is 10.2. The van der Waals surface area contributed by atoms with Gasteiger partial charge in [0.1, 0.15) is 6.61 Å². The number of carbonyl (C=O) groups is 1. The summed E-state index contributed by atoms with van der Waals surface area (Å²) in [6, 6.07) is 6.24. The molecule has 17 heavy (non-hydrogen) atoms. The standard InChI is InChI=1S/C11H13F2NO3/c12-10(13)7-17-5-4-14-9-3-1-2-8(6-9)11(15)16/h1-3,6,10,14H,4-5,7H2,(H,15,16). The summed E-state index contributed by atoms with van der Waals surface area (Å²) in [5.74, 6) is -1.01. The van der Waals surface area contributed by atoms with Gasteiger partial charge < -0.3 is 15.2 Å². The topological polar surface area (TPSA) is 58.6 Å². The molecule has 0 aliphatic rings. The Balaban J connectivity index is 2.31. The van der Waals surface area contributed by atoms with Crippen molar-refractivity contribution in [1.29, 1.82) is 0 Å². The first-order valence-electron chi connectivity index (χ1n) is 5.02. The summed E-state index contributed by atoms with van der Waals surface area (Å²) in [4.78, 5) is 10.7. The molecule has 0 saturated heterocycles. The van der Waals surface area contributed by atoms with Crippen LogP contribution in [0.1, 0.15) is 10.4 Å². The second kappa shape index (κ2) is 6.80. The highest BCUT2D eigenvalue weighted by Crippen LogP contribution is 2.10. The van der Waals surface area contributed by atoms with Crippen LogP contribution >= 0.6 is 0 Å². The average molecular weight is 245 g/mol. The summed E-state index contributed by atoms with van der Waals surface area (Å²) < 4.78 is 28.1. The molecule has 0 saturated carbocycles. The lowest BCUT2D eigenvalue weighted by Crippen LogP contribution is -2.13. The predicted octanol–water partition coefficient (Wildman–Crippen LogP) is 2.08. The van der Waals surface area contributed by atoms with Crippen molar-refractivity contribution in [3.63, 3.8) is 0 Å². The van der Waals surface area contributed by atoms with Gasteiger partial charge in [-0.25, -0.2) is 13.6 Å². The first-order valence-corrected chi connectivity index (χ1v) is 5.02. The van der Waals surface area contributed by atoms with E-state index in [4.69, 9.17) is 5.11 Å². The zero-order chi connectivity index (χ0) is 12.7. The van der Waals surface area contributed by atoms with E-state index in [2.05, 4.69) is 10.1 Å². The van der Waals surface area contributed by atoms with Crippen LogP contribution in [0.25, 0.3) is 0 Å². The number of ether oxygens (including phenoxy) is 1. The fourth-order valence-corrected chi connectivity index (χ4v) is 1.20. The number of benzene rings is 1. The predicted molar refractivity (Wildman–Crippen MR) is 58.7 cm³/mol. The van der Waals surface area contributed by atoms with Crippen molar-refractivity contribution in [1.82, 2.24) is 0 Å². The van der Waals surface area contributed by atoms with Gasteiger partial charge in [0.25, 0.3) is 6.43 Å². The lowest BCUT2D eigenvalue weighted by Gasteiger charge is -2.07. The summed E-state index contributed by atoms with van der Waals surface area (Å²) in [6.45, 7) is -0.103. The van der Waals surface area contributed by atoms with Crippen LogP contribution < -0.4 is 5.32 Å². The molecule has 2 N–H and O–H groups in total. The maximum atomic E-state index is 11.7. The van der Waals surface area contributed by atoms with Crippen molar-refractivity contribution in [3.8, 4) is 0 Å². The molecule has 0 bridgehead atoms. The number of halogens is 2. The van der Waals surface area contributed by atoms with E-state index in [1.54, 1.807) is 12.1 Å². The third-order valence-electron chi connectivity index (χ3n) is 1.93. The van der Waals surface area contributed by atoms with Crippen molar-refractivity contribution >= 4 is 11.7 Å². The molecule has 1 aromatic rings. The fraction of sp³-hybridized carbons (Fsp3) is 0.364. The number of anilines is 1. The zero-order valence-corrected chi connectivity index (χ0v) is 9.03. The molecule has 0 amide bonds. The SMILES string of the molecule is O=C(O)c1cccc(NCCOCC(F)F)c1. The Morgan fingerprint density at radius 3 is 2.88 bits per heavy atom. The van der Waals surface area contributed by atoms with Gasteiger partial charge in [-0.3, -0.25) is 0 Å². The largest absolute Gasteiger partial charge is 0.478 e.